The van der Waals surface area contributed by atoms with E-state index in [1.54, 1.807) is 12.1 Å². The van der Waals surface area contributed by atoms with Crippen molar-refractivity contribution in [3.05, 3.63) is 95.3 Å². The van der Waals surface area contributed by atoms with Gasteiger partial charge in [0.05, 0.1) is 0 Å². The molecule has 1 fully saturated rings. The number of anilines is 1. The predicted molar refractivity (Wildman–Crippen MR) is 139 cm³/mol. The van der Waals surface area contributed by atoms with Crippen molar-refractivity contribution in [3.8, 4) is 5.75 Å². The minimum atomic E-state index is -0.897. The van der Waals surface area contributed by atoms with Crippen LogP contribution in [0.15, 0.2) is 72.8 Å². The van der Waals surface area contributed by atoms with E-state index < -0.39 is 24.4 Å². The molecule has 0 radical (unpaired) electrons. The Hall–Kier alpha value is -3.67. The molecule has 3 aromatic rings. The van der Waals surface area contributed by atoms with Gasteiger partial charge in [0.15, 0.2) is 18.2 Å². The number of carbonyl (C=O) groups excluding carboxylic acids is 2. The number of nitrogens with one attached hydrogen (secondary N) is 1. The first kappa shape index (κ1) is 25.4. The average molecular weight is 489 g/mol. The van der Waals surface area contributed by atoms with Crippen molar-refractivity contribution in [1.82, 2.24) is 5.32 Å². The summed E-state index contributed by atoms with van der Waals surface area (Å²) >= 11 is 0. The van der Waals surface area contributed by atoms with Gasteiger partial charge in [0.2, 0.25) is 5.91 Å². The maximum absolute atomic E-state index is 14.2. The van der Waals surface area contributed by atoms with Crippen LogP contribution in [0.4, 0.5) is 10.1 Å². The first-order valence-corrected chi connectivity index (χ1v) is 12.6. The van der Waals surface area contributed by atoms with Gasteiger partial charge in [0.25, 0.3) is 5.91 Å². The molecule has 0 bridgehead atoms. The van der Waals surface area contributed by atoms with E-state index >= 15 is 0 Å². The van der Waals surface area contributed by atoms with E-state index in [0.717, 1.165) is 42.4 Å². The number of hydrogen-bond acceptors (Lipinski definition) is 3. The number of benzene rings is 3. The summed E-state index contributed by atoms with van der Waals surface area (Å²) < 4.78 is 19.7. The van der Waals surface area contributed by atoms with Crippen LogP contribution in [0, 0.1) is 19.7 Å². The first-order chi connectivity index (χ1) is 17.4. The molecule has 1 saturated carbocycles. The molecule has 0 aromatic heterocycles. The fraction of sp³-hybridized carbons (Fsp3) is 0.333. The molecule has 2 amide bonds. The third kappa shape index (κ3) is 6.11. The van der Waals surface area contributed by atoms with Crippen molar-refractivity contribution in [2.24, 2.45) is 0 Å². The molecular formula is C30H33FN2O3. The highest BCUT2D eigenvalue weighted by Gasteiger charge is 2.35. The topological polar surface area (TPSA) is 58.6 Å². The molecule has 1 aliphatic carbocycles. The normalized spacial score (nSPS) is 14.6. The highest BCUT2D eigenvalue weighted by atomic mass is 19.1. The van der Waals surface area contributed by atoms with Crippen LogP contribution < -0.4 is 15.0 Å². The molecule has 5 nitrogen and oxygen atoms in total. The zero-order valence-corrected chi connectivity index (χ0v) is 20.9. The lowest BCUT2D eigenvalue weighted by Crippen LogP contribution is -2.48. The Balaban J connectivity index is 1.72. The van der Waals surface area contributed by atoms with Gasteiger partial charge in [-0.2, -0.15) is 0 Å². The summed E-state index contributed by atoms with van der Waals surface area (Å²) in [7, 11) is 0. The summed E-state index contributed by atoms with van der Waals surface area (Å²) in [5, 5.41) is 3.21. The van der Waals surface area contributed by atoms with Gasteiger partial charge in [0, 0.05) is 11.7 Å². The fourth-order valence-corrected chi connectivity index (χ4v) is 4.80. The van der Waals surface area contributed by atoms with Gasteiger partial charge >= 0.3 is 0 Å². The van der Waals surface area contributed by atoms with E-state index in [1.807, 2.05) is 62.4 Å². The highest BCUT2D eigenvalue weighted by molar-refractivity contribution is 6.02. The zero-order valence-electron chi connectivity index (χ0n) is 20.9. The van der Waals surface area contributed by atoms with E-state index in [4.69, 9.17) is 4.74 Å². The molecule has 0 heterocycles. The molecule has 188 valence electrons. The summed E-state index contributed by atoms with van der Waals surface area (Å²) in [6.45, 7) is 3.46. The number of ether oxygens (including phenoxy) is 1. The standard InChI is InChI=1S/C30H33FN2O3/c1-21-11-10-15-24(19-21)33(28(34)20-36-27-18-9-8-17-26(27)31)29(25-16-7-6-12-22(25)2)30(35)32-23-13-4-3-5-14-23/h6-12,15-19,23,29H,3-5,13-14,20H2,1-2H3,(H,32,35). The number of halogens is 1. The van der Waals surface area contributed by atoms with Crippen LogP contribution in [-0.4, -0.2) is 24.5 Å². The van der Waals surface area contributed by atoms with Crippen LogP contribution in [0.25, 0.3) is 0 Å². The van der Waals surface area contributed by atoms with E-state index in [2.05, 4.69) is 5.32 Å². The number of para-hydroxylation sites is 1. The Morgan fingerprint density at radius 3 is 2.42 bits per heavy atom. The molecule has 36 heavy (non-hydrogen) atoms. The fourth-order valence-electron chi connectivity index (χ4n) is 4.80. The van der Waals surface area contributed by atoms with Crippen molar-refractivity contribution in [3.63, 3.8) is 0 Å². The van der Waals surface area contributed by atoms with Crippen LogP contribution >= 0.6 is 0 Å². The Kier molecular flexibility index (Phi) is 8.36. The summed E-state index contributed by atoms with van der Waals surface area (Å²) in [5.41, 5.74) is 3.19. The van der Waals surface area contributed by atoms with E-state index in [9.17, 15) is 14.0 Å². The lowest BCUT2D eigenvalue weighted by atomic mass is 9.93. The summed E-state index contributed by atoms with van der Waals surface area (Å²) in [5.74, 6) is -1.21. The van der Waals surface area contributed by atoms with Crippen LogP contribution in [0.2, 0.25) is 0 Å². The third-order valence-corrected chi connectivity index (χ3v) is 6.68. The molecule has 0 aliphatic heterocycles. The molecule has 1 atom stereocenters. The smallest absolute Gasteiger partial charge is 0.265 e. The SMILES string of the molecule is Cc1cccc(N(C(=O)COc2ccccc2F)C(C(=O)NC2CCCCC2)c2ccccc2C)c1. The van der Waals surface area contributed by atoms with Gasteiger partial charge in [-0.15, -0.1) is 0 Å². The number of rotatable bonds is 8. The highest BCUT2D eigenvalue weighted by Crippen LogP contribution is 2.31. The van der Waals surface area contributed by atoms with Gasteiger partial charge in [-0.3, -0.25) is 14.5 Å². The molecule has 3 aromatic carbocycles. The minimum absolute atomic E-state index is 0.00542. The van der Waals surface area contributed by atoms with Crippen molar-refractivity contribution in [1.29, 1.82) is 0 Å². The molecule has 1 unspecified atom stereocenters. The third-order valence-electron chi connectivity index (χ3n) is 6.68. The van der Waals surface area contributed by atoms with Crippen molar-refractivity contribution < 1.29 is 18.7 Å². The van der Waals surface area contributed by atoms with Crippen LogP contribution in [0.3, 0.4) is 0 Å². The van der Waals surface area contributed by atoms with Gasteiger partial charge in [0.1, 0.15) is 6.04 Å². The molecule has 1 N–H and O–H groups in total. The summed E-state index contributed by atoms with van der Waals surface area (Å²) in [6.07, 6.45) is 5.20. The molecule has 0 spiro atoms. The number of nitrogens with zero attached hydrogens (tertiary/aromatic N) is 1. The second-order valence-electron chi connectivity index (χ2n) is 9.42. The van der Waals surface area contributed by atoms with Crippen molar-refractivity contribution in [2.75, 3.05) is 11.5 Å². The Morgan fingerprint density at radius 1 is 0.972 bits per heavy atom. The number of carbonyl (C=O) groups is 2. The van der Waals surface area contributed by atoms with Crippen LogP contribution in [0.5, 0.6) is 5.75 Å². The number of hydrogen-bond donors (Lipinski definition) is 1. The Morgan fingerprint density at radius 2 is 1.69 bits per heavy atom. The van der Waals surface area contributed by atoms with Crippen LogP contribution in [0.1, 0.15) is 54.8 Å². The lowest BCUT2D eigenvalue weighted by Gasteiger charge is -2.34. The van der Waals surface area contributed by atoms with E-state index in [1.165, 1.54) is 23.5 Å². The molecule has 6 heteroatoms. The summed E-state index contributed by atoms with van der Waals surface area (Å²) in [4.78, 5) is 29.1. The maximum Gasteiger partial charge on any atom is 0.265 e. The predicted octanol–water partition coefficient (Wildman–Crippen LogP) is 6.04. The lowest BCUT2D eigenvalue weighted by molar-refractivity contribution is -0.128. The minimum Gasteiger partial charge on any atom is -0.481 e. The van der Waals surface area contributed by atoms with Gasteiger partial charge < -0.3 is 10.1 Å². The molecular weight excluding hydrogens is 455 g/mol. The number of amides is 2. The first-order valence-electron chi connectivity index (χ1n) is 12.6. The van der Waals surface area contributed by atoms with E-state index in [-0.39, 0.29) is 17.7 Å². The largest absolute Gasteiger partial charge is 0.481 e. The van der Waals surface area contributed by atoms with Crippen molar-refractivity contribution in [2.45, 2.75) is 58.0 Å². The quantitative estimate of drug-likeness (QED) is 0.420. The van der Waals surface area contributed by atoms with Gasteiger partial charge in [-0.1, -0.05) is 67.8 Å². The van der Waals surface area contributed by atoms with E-state index in [0.29, 0.717) is 5.69 Å². The zero-order chi connectivity index (χ0) is 25.5. The monoisotopic (exact) mass is 488 g/mol. The molecule has 1 aliphatic rings. The second kappa shape index (κ2) is 11.8. The van der Waals surface area contributed by atoms with Gasteiger partial charge in [-0.25, -0.2) is 4.39 Å². The Bertz CT molecular complexity index is 1210. The summed E-state index contributed by atoms with van der Waals surface area (Å²) in [6, 6.07) is 20.2. The number of aryl methyl sites for hydroxylation is 2. The maximum atomic E-state index is 14.2. The van der Waals surface area contributed by atoms with Crippen molar-refractivity contribution >= 4 is 17.5 Å². The van der Waals surface area contributed by atoms with Gasteiger partial charge in [-0.05, 0) is 67.6 Å². The molecule has 4 rings (SSSR count). The average Bonchev–Trinajstić information content (AvgIpc) is 2.87. The van der Waals surface area contributed by atoms with Crippen LogP contribution in [-0.2, 0) is 9.59 Å². The second-order valence-corrected chi connectivity index (χ2v) is 9.42. The molecule has 0 saturated heterocycles. The Labute approximate surface area is 212 Å².